The number of likely N-dealkylation sites (N-methyl/N-ethyl adjacent to an activating group) is 1. The van der Waals surface area contributed by atoms with Gasteiger partial charge in [-0.15, -0.1) is 0 Å². The fourth-order valence-electron chi connectivity index (χ4n) is 3.26. The number of carbonyl (C=O) groups is 1. The Balaban J connectivity index is 2.51. The van der Waals surface area contributed by atoms with Crippen LogP contribution in [0, 0.1) is 11.8 Å². The fraction of sp³-hybridized carbons (Fsp3) is 0.941. The van der Waals surface area contributed by atoms with E-state index in [-0.39, 0.29) is 5.97 Å². The molecule has 0 aromatic carbocycles. The number of hydrogen-bond donors (Lipinski definition) is 1. The maximum atomic E-state index is 12.4. The summed E-state index contributed by atoms with van der Waals surface area (Å²) in [6.45, 7) is 11.1. The Morgan fingerprint density at radius 1 is 1.33 bits per heavy atom. The summed E-state index contributed by atoms with van der Waals surface area (Å²) in [5.41, 5.74) is -0.480. The highest BCUT2D eigenvalue weighted by Gasteiger charge is 2.49. The normalized spacial score (nSPS) is 25.5. The first-order chi connectivity index (χ1) is 10.1. The molecule has 1 rings (SSSR count). The lowest BCUT2D eigenvalue weighted by Crippen LogP contribution is -2.55. The van der Waals surface area contributed by atoms with Gasteiger partial charge in [-0.1, -0.05) is 27.2 Å². The highest BCUT2D eigenvalue weighted by molar-refractivity contribution is 5.81. The number of nitrogens with one attached hydrogen (secondary N) is 1. The maximum Gasteiger partial charge on any atom is 0.326 e. The van der Waals surface area contributed by atoms with Crippen molar-refractivity contribution in [2.45, 2.75) is 65.3 Å². The molecule has 0 aliphatic heterocycles. The molecule has 1 N–H and O–H groups in total. The van der Waals surface area contributed by atoms with Crippen LogP contribution in [0.25, 0.3) is 0 Å². The van der Waals surface area contributed by atoms with Crippen LogP contribution in [0.1, 0.15) is 59.8 Å². The summed E-state index contributed by atoms with van der Waals surface area (Å²) in [5.74, 6) is 0.934. The minimum atomic E-state index is -0.480. The first kappa shape index (κ1) is 18.4. The molecule has 0 aromatic heterocycles. The van der Waals surface area contributed by atoms with Gasteiger partial charge in [0.15, 0.2) is 0 Å². The van der Waals surface area contributed by atoms with Gasteiger partial charge in [-0.3, -0.25) is 4.79 Å². The number of carbonyl (C=O) groups excluding carboxylic acids is 1. The highest BCUT2D eigenvalue weighted by atomic mass is 16.5. The highest BCUT2D eigenvalue weighted by Crippen LogP contribution is 2.39. The van der Waals surface area contributed by atoms with Crippen molar-refractivity contribution in [3.05, 3.63) is 0 Å². The Kier molecular flexibility index (Phi) is 8.27. The Morgan fingerprint density at radius 3 is 2.71 bits per heavy atom. The van der Waals surface area contributed by atoms with Crippen molar-refractivity contribution in [2.24, 2.45) is 11.8 Å². The average Bonchev–Trinajstić information content (AvgIpc) is 2.83. The first-order valence-electron chi connectivity index (χ1n) is 8.56. The molecule has 1 aliphatic carbocycles. The predicted octanol–water partition coefficient (Wildman–Crippen LogP) is 3.15. The van der Waals surface area contributed by atoms with Crippen LogP contribution in [0.15, 0.2) is 0 Å². The van der Waals surface area contributed by atoms with Gasteiger partial charge in [-0.05, 0) is 51.0 Å². The molecular formula is C17H33NO3. The van der Waals surface area contributed by atoms with Crippen molar-refractivity contribution in [3.8, 4) is 0 Å². The Morgan fingerprint density at radius 2 is 2.10 bits per heavy atom. The second kappa shape index (κ2) is 9.42. The second-order valence-corrected chi connectivity index (χ2v) is 6.39. The van der Waals surface area contributed by atoms with Gasteiger partial charge < -0.3 is 14.8 Å². The Labute approximate surface area is 130 Å². The van der Waals surface area contributed by atoms with Crippen molar-refractivity contribution in [1.82, 2.24) is 5.32 Å². The summed E-state index contributed by atoms with van der Waals surface area (Å²) in [4.78, 5) is 12.4. The van der Waals surface area contributed by atoms with Crippen molar-refractivity contribution < 1.29 is 14.3 Å². The largest absolute Gasteiger partial charge is 0.465 e. The lowest BCUT2D eigenvalue weighted by molar-refractivity contribution is -0.153. The molecular weight excluding hydrogens is 266 g/mol. The van der Waals surface area contributed by atoms with Crippen LogP contribution in [-0.2, 0) is 14.3 Å². The van der Waals surface area contributed by atoms with Gasteiger partial charge in [-0.2, -0.15) is 0 Å². The van der Waals surface area contributed by atoms with Crippen molar-refractivity contribution in [2.75, 3.05) is 26.4 Å². The van der Waals surface area contributed by atoms with Crippen LogP contribution in [0.2, 0.25) is 0 Å². The molecule has 0 bridgehead atoms. The van der Waals surface area contributed by atoms with E-state index in [1.54, 1.807) is 0 Å². The Bertz CT molecular complexity index is 306. The number of hydrogen-bond acceptors (Lipinski definition) is 4. The minimum Gasteiger partial charge on any atom is -0.465 e. The van der Waals surface area contributed by atoms with E-state index in [0.717, 1.165) is 51.9 Å². The number of ether oxygens (including phenoxy) is 2. The van der Waals surface area contributed by atoms with Crippen molar-refractivity contribution in [1.29, 1.82) is 0 Å². The summed E-state index contributed by atoms with van der Waals surface area (Å²) in [6, 6.07) is 0. The van der Waals surface area contributed by atoms with Crippen LogP contribution < -0.4 is 5.32 Å². The van der Waals surface area contributed by atoms with Gasteiger partial charge in [0.05, 0.1) is 6.61 Å². The quantitative estimate of drug-likeness (QED) is 0.497. The summed E-state index contributed by atoms with van der Waals surface area (Å²) in [5, 5.41) is 3.42. The lowest BCUT2D eigenvalue weighted by atomic mass is 9.84. The van der Waals surface area contributed by atoms with E-state index in [1.165, 1.54) is 0 Å². The molecule has 1 aliphatic rings. The van der Waals surface area contributed by atoms with E-state index in [2.05, 4.69) is 26.1 Å². The molecule has 0 spiro atoms. The molecule has 0 heterocycles. The molecule has 2 atom stereocenters. The zero-order chi connectivity index (χ0) is 15.7. The van der Waals surface area contributed by atoms with E-state index in [9.17, 15) is 4.79 Å². The van der Waals surface area contributed by atoms with Crippen LogP contribution >= 0.6 is 0 Å². The van der Waals surface area contributed by atoms with Gasteiger partial charge in [0.2, 0.25) is 0 Å². The third-order valence-electron chi connectivity index (χ3n) is 4.40. The van der Waals surface area contributed by atoms with Crippen LogP contribution in [0.3, 0.4) is 0 Å². The number of esters is 1. The molecule has 124 valence electrons. The number of rotatable bonds is 10. The molecule has 2 unspecified atom stereocenters. The molecule has 1 fully saturated rings. The molecule has 0 radical (unpaired) electrons. The van der Waals surface area contributed by atoms with Gasteiger partial charge in [-0.25, -0.2) is 0 Å². The molecule has 0 aromatic rings. The van der Waals surface area contributed by atoms with Crippen LogP contribution in [-0.4, -0.2) is 37.9 Å². The van der Waals surface area contributed by atoms with E-state index >= 15 is 0 Å². The third kappa shape index (κ3) is 5.26. The monoisotopic (exact) mass is 299 g/mol. The molecule has 21 heavy (non-hydrogen) atoms. The van der Waals surface area contributed by atoms with Crippen molar-refractivity contribution in [3.63, 3.8) is 0 Å². The van der Waals surface area contributed by atoms with E-state index < -0.39 is 5.54 Å². The van der Waals surface area contributed by atoms with Gasteiger partial charge in [0.1, 0.15) is 5.54 Å². The first-order valence-corrected chi connectivity index (χ1v) is 8.56. The molecule has 0 saturated heterocycles. The average molecular weight is 299 g/mol. The summed E-state index contributed by atoms with van der Waals surface area (Å²) in [7, 11) is 0. The van der Waals surface area contributed by atoms with Gasteiger partial charge in [0, 0.05) is 13.2 Å². The fourth-order valence-corrected chi connectivity index (χ4v) is 3.26. The Hall–Kier alpha value is -0.610. The third-order valence-corrected chi connectivity index (χ3v) is 4.40. The lowest BCUT2D eigenvalue weighted by Gasteiger charge is -2.34. The molecule has 1 saturated carbocycles. The summed E-state index contributed by atoms with van der Waals surface area (Å²) < 4.78 is 11.1. The van der Waals surface area contributed by atoms with Crippen LogP contribution in [0.5, 0.6) is 0 Å². The molecule has 0 amide bonds. The zero-order valence-corrected chi connectivity index (χ0v) is 14.2. The topological polar surface area (TPSA) is 47.6 Å². The van der Waals surface area contributed by atoms with Crippen molar-refractivity contribution >= 4 is 5.97 Å². The van der Waals surface area contributed by atoms with E-state index in [1.807, 2.05) is 6.92 Å². The maximum absolute atomic E-state index is 12.4. The molecule has 4 nitrogen and oxygen atoms in total. The molecule has 4 heteroatoms. The smallest absolute Gasteiger partial charge is 0.326 e. The minimum absolute atomic E-state index is 0.0727. The van der Waals surface area contributed by atoms with E-state index in [0.29, 0.717) is 18.4 Å². The summed E-state index contributed by atoms with van der Waals surface area (Å²) >= 11 is 0. The SMILES string of the molecule is CCNC1(C(=O)OCC)CCCC1CCOCCC(C)C. The second-order valence-electron chi connectivity index (χ2n) is 6.39. The standard InChI is InChI=1S/C17H33NO3/c1-5-18-17(16(19)21-6-2)11-7-8-15(17)10-13-20-12-9-14(3)4/h14-15,18H,5-13H2,1-4H3. The predicted molar refractivity (Wildman–Crippen MR) is 85.3 cm³/mol. The van der Waals surface area contributed by atoms with Gasteiger partial charge >= 0.3 is 5.97 Å². The van der Waals surface area contributed by atoms with Gasteiger partial charge in [0.25, 0.3) is 0 Å². The zero-order valence-electron chi connectivity index (χ0n) is 14.2. The van der Waals surface area contributed by atoms with E-state index in [4.69, 9.17) is 9.47 Å². The summed E-state index contributed by atoms with van der Waals surface area (Å²) in [6.07, 6.45) is 5.09. The van der Waals surface area contributed by atoms with Crippen LogP contribution in [0.4, 0.5) is 0 Å².